The highest BCUT2D eigenvalue weighted by Crippen LogP contribution is 2.25. The lowest BCUT2D eigenvalue weighted by atomic mass is 10.1. The van der Waals surface area contributed by atoms with Crippen molar-refractivity contribution in [2.45, 2.75) is 52.0 Å². The fourth-order valence-electron chi connectivity index (χ4n) is 3.72. The zero-order chi connectivity index (χ0) is 18.4. The number of rotatable bonds is 6. The Kier molecular flexibility index (Phi) is 6.45. The van der Waals surface area contributed by atoms with Crippen LogP contribution in [0.3, 0.4) is 0 Å². The summed E-state index contributed by atoms with van der Waals surface area (Å²) < 4.78 is 5.94. The highest BCUT2D eigenvalue weighted by Gasteiger charge is 2.23. The Morgan fingerprint density at radius 1 is 1.27 bits per heavy atom. The van der Waals surface area contributed by atoms with Crippen molar-refractivity contribution in [2.75, 3.05) is 19.6 Å². The van der Waals surface area contributed by atoms with Crippen LogP contribution in [-0.4, -0.2) is 41.5 Å². The normalized spacial score (nSPS) is 17.7. The second kappa shape index (κ2) is 8.99. The zero-order valence-corrected chi connectivity index (χ0v) is 15.8. The minimum absolute atomic E-state index is 0.205. The second-order valence-corrected chi connectivity index (χ2v) is 6.90. The van der Waals surface area contributed by atoms with Gasteiger partial charge in [0.15, 0.2) is 11.7 Å². The van der Waals surface area contributed by atoms with Crippen LogP contribution in [0.25, 0.3) is 11.3 Å². The highest BCUT2D eigenvalue weighted by atomic mass is 16.4. The van der Waals surface area contributed by atoms with E-state index >= 15 is 0 Å². The van der Waals surface area contributed by atoms with E-state index in [0.29, 0.717) is 24.8 Å². The maximum Gasteiger partial charge on any atom is 0.223 e. The van der Waals surface area contributed by atoms with Gasteiger partial charge in [0.1, 0.15) is 0 Å². The number of hydrogen-bond acceptors (Lipinski definition) is 4. The number of aromatic nitrogens is 1. The van der Waals surface area contributed by atoms with E-state index < -0.39 is 0 Å². The number of hydrogen-bond donors (Lipinski definition) is 1. The minimum atomic E-state index is 0.205. The van der Waals surface area contributed by atoms with Crippen LogP contribution < -0.4 is 5.32 Å². The van der Waals surface area contributed by atoms with Crippen LogP contribution in [0.5, 0.6) is 0 Å². The van der Waals surface area contributed by atoms with Crippen molar-refractivity contribution in [3.05, 3.63) is 41.9 Å². The first-order valence-corrected chi connectivity index (χ1v) is 9.71. The van der Waals surface area contributed by atoms with E-state index in [0.717, 1.165) is 55.9 Å². The number of amides is 1. The van der Waals surface area contributed by atoms with E-state index in [1.54, 1.807) is 0 Å². The summed E-state index contributed by atoms with van der Waals surface area (Å²) in [6.07, 6.45) is 4.26. The van der Waals surface area contributed by atoms with Gasteiger partial charge in [-0.05, 0) is 46.2 Å². The molecule has 0 spiro atoms. The molecule has 0 bridgehead atoms. The van der Waals surface area contributed by atoms with E-state index in [-0.39, 0.29) is 5.91 Å². The number of carbonyl (C=O) groups is 1. The van der Waals surface area contributed by atoms with Crippen molar-refractivity contribution < 1.29 is 9.21 Å². The summed E-state index contributed by atoms with van der Waals surface area (Å²) in [4.78, 5) is 19.3. The molecule has 0 radical (unpaired) electrons. The van der Waals surface area contributed by atoms with Crippen molar-refractivity contribution in [3.8, 4) is 11.3 Å². The standard InChI is InChI=1S/C21H29N3O2/c1-3-24(18-10-7-14-22-15-13-18)20(25)12-11-19-23-16(2)21(26-19)17-8-5-4-6-9-17/h4-6,8-9,18,22H,3,7,10-15H2,1-2H3. The molecule has 1 aromatic heterocycles. The lowest BCUT2D eigenvalue weighted by Crippen LogP contribution is -2.40. The number of benzene rings is 1. The first kappa shape index (κ1) is 18.6. The lowest BCUT2D eigenvalue weighted by Gasteiger charge is -2.30. The molecular formula is C21H29N3O2. The first-order chi connectivity index (χ1) is 12.7. The smallest absolute Gasteiger partial charge is 0.223 e. The summed E-state index contributed by atoms with van der Waals surface area (Å²) >= 11 is 0. The van der Waals surface area contributed by atoms with Gasteiger partial charge in [0, 0.05) is 31.0 Å². The average molecular weight is 355 g/mol. The molecule has 1 aliphatic rings. The molecule has 0 aliphatic carbocycles. The predicted octanol–water partition coefficient (Wildman–Crippen LogP) is 3.57. The van der Waals surface area contributed by atoms with E-state index in [1.807, 2.05) is 42.2 Å². The number of nitrogens with one attached hydrogen (secondary N) is 1. The van der Waals surface area contributed by atoms with Gasteiger partial charge in [-0.3, -0.25) is 4.79 Å². The molecule has 1 unspecified atom stereocenters. The van der Waals surface area contributed by atoms with Gasteiger partial charge < -0.3 is 14.6 Å². The molecule has 1 amide bonds. The summed E-state index contributed by atoms with van der Waals surface area (Å²) in [6.45, 7) is 6.84. The molecule has 3 rings (SSSR count). The topological polar surface area (TPSA) is 58.4 Å². The molecule has 1 aliphatic heterocycles. The third-order valence-corrected chi connectivity index (χ3v) is 5.08. The molecule has 0 saturated carbocycles. The Labute approximate surface area is 155 Å². The zero-order valence-electron chi connectivity index (χ0n) is 15.8. The molecule has 5 heteroatoms. The van der Waals surface area contributed by atoms with Crippen LogP contribution in [-0.2, 0) is 11.2 Å². The van der Waals surface area contributed by atoms with E-state index in [9.17, 15) is 4.79 Å². The predicted molar refractivity (Wildman–Crippen MR) is 103 cm³/mol. The highest BCUT2D eigenvalue weighted by molar-refractivity contribution is 5.76. The second-order valence-electron chi connectivity index (χ2n) is 6.90. The Bertz CT molecular complexity index is 703. The van der Waals surface area contributed by atoms with Gasteiger partial charge in [-0.1, -0.05) is 30.3 Å². The largest absolute Gasteiger partial charge is 0.440 e. The number of oxazole rings is 1. The maximum absolute atomic E-state index is 12.8. The molecular weight excluding hydrogens is 326 g/mol. The van der Waals surface area contributed by atoms with Crippen LogP contribution in [0.1, 0.15) is 44.2 Å². The van der Waals surface area contributed by atoms with Crippen molar-refractivity contribution in [3.63, 3.8) is 0 Å². The van der Waals surface area contributed by atoms with Gasteiger partial charge >= 0.3 is 0 Å². The third kappa shape index (κ3) is 4.52. The average Bonchev–Trinajstić information content (AvgIpc) is 2.85. The minimum Gasteiger partial charge on any atom is -0.440 e. The van der Waals surface area contributed by atoms with Crippen molar-refractivity contribution in [2.24, 2.45) is 0 Å². The number of nitrogens with zero attached hydrogens (tertiary/aromatic N) is 2. The maximum atomic E-state index is 12.8. The number of carbonyl (C=O) groups excluding carboxylic acids is 1. The molecule has 1 aromatic carbocycles. The molecule has 1 N–H and O–H groups in total. The van der Waals surface area contributed by atoms with Crippen LogP contribution in [0.4, 0.5) is 0 Å². The lowest BCUT2D eigenvalue weighted by molar-refractivity contribution is -0.133. The van der Waals surface area contributed by atoms with Crippen molar-refractivity contribution in [1.29, 1.82) is 0 Å². The van der Waals surface area contributed by atoms with E-state index in [4.69, 9.17) is 4.42 Å². The summed E-state index contributed by atoms with van der Waals surface area (Å²) in [5.74, 6) is 1.65. The van der Waals surface area contributed by atoms with Gasteiger partial charge in [0.05, 0.1) is 5.69 Å². The van der Waals surface area contributed by atoms with Crippen LogP contribution >= 0.6 is 0 Å². The van der Waals surface area contributed by atoms with Gasteiger partial charge in [0.2, 0.25) is 5.91 Å². The van der Waals surface area contributed by atoms with Gasteiger partial charge in [0.25, 0.3) is 0 Å². The fourth-order valence-corrected chi connectivity index (χ4v) is 3.72. The molecule has 1 atom stereocenters. The fraction of sp³-hybridized carbons (Fsp3) is 0.524. The quantitative estimate of drug-likeness (QED) is 0.860. The van der Waals surface area contributed by atoms with Crippen molar-refractivity contribution in [1.82, 2.24) is 15.2 Å². The summed E-state index contributed by atoms with van der Waals surface area (Å²) in [6, 6.07) is 10.3. The van der Waals surface area contributed by atoms with Crippen molar-refractivity contribution >= 4 is 5.91 Å². The summed E-state index contributed by atoms with van der Waals surface area (Å²) in [7, 11) is 0. The van der Waals surface area contributed by atoms with Gasteiger partial charge in [-0.15, -0.1) is 0 Å². The Hall–Kier alpha value is -2.14. The molecule has 26 heavy (non-hydrogen) atoms. The summed E-state index contributed by atoms with van der Waals surface area (Å²) in [5, 5.41) is 3.41. The molecule has 140 valence electrons. The SMILES string of the molecule is CCN(C(=O)CCc1nc(C)c(-c2ccccc2)o1)C1CCCNCC1. The number of aryl methyl sites for hydroxylation is 2. The molecule has 2 aromatic rings. The molecule has 1 saturated heterocycles. The van der Waals surface area contributed by atoms with Crippen LogP contribution in [0.2, 0.25) is 0 Å². The van der Waals surface area contributed by atoms with E-state index in [1.165, 1.54) is 0 Å². The van der Waals surface area contributed by atoms with Gasteiger partial charge in [-0.2, -0.15) is 0 Å². The monoisotopic (exact) mass is 355 g/mol. The van der Waals surface area contributed by atoms with E-state index in [2.05, 4.69) is 17.2 Å². The molecule has 5 nitrogen and oxygen atoms in total. The molecule has 1 fully saturated rings. The Balaban J connectivity index is 1.62. The third-order valence-electron chi connectivity index (χ3n) is 5.08. The first-order valence-electron chi connectivity index (χ1n) is 9.71. The Morgan fingerprint density at radius 2 is 2.08 bits per heavy atom. The molecule has 2 heterocycles. The van der Waals surface area contributed by atoms with Crippen LogP contribution in [0, 0.1) is 6.92 Å². The Morgan fingerprint density at radius 3 is 2.85 bits per heavy atom. The van der Waals surface area contributed by atoms with Gasteiger partial charge in [-0.25, -0.2) is 4.98 Å². The van der Waals surface area contributed by atoms with Crippen LogP contribution in [0.15, 0.2) is 34.7 Å². The summed E-state index contributed by atoms with van der Waals surface area (Å²) in [5.41, 5.74) is 1.90.